The summed E-state index contributed by atoms with van der Waals surface area (Å²) in [6.07, 6.45) is 4.48. The highest BCUT2D eigenvalue weighted by molar-refractivity contribution is 6.43. The van der Waals surface area contributed by atoms with Crippen molar-refractivity contribution in [3.05, 3.63) is 55.5 Å². The van der Waals surface area contributed by atoms with Gasteiger partial charge in [-0.3, -0.25) is 0 Å². The zero-order valence-electron chi connectivity index (χ0n) is 12.3. The van der Waals surface area contributed by atoms with E-state index in [0.29, 0.717) is 10.0 Å². The highest BCUT2D eigenvalue weighted by Gasteiger charge is 2.10. The molecule has 0 aliphatic heterocycles. The molecule has 2 aromatic carbocycles. The molecule has 124 valence electrons. The van der Waals surface area contributed by atoms with Gasteiger partial charge < -0.3 is 10.2 Å². The van der Waals surface area contributed by atoms with Crippen molar-refractivity contribution in [3.8, 4) is 11.5 Å². The third-order valence-corrected chi connectivity index (χ3v) is 5.50. The Hall–Kier alpha value is -0.800. The molecule has 2 N–H and O–H groups in total. The van der Waals surface area contributed by atoms with E-state index in [-0.39, 0.29) is 21.5 Å². The third-order valence-electron chi connectivity index (χ3n) is 3.68. The number of aryl methyl sites for hydroxylation is 2. The Kier molecular flexibility index (Phi) is 6.72. The number of rotatable bonds is 6. The highest BCUT2D eigenvalue weighted by Crippen LogP contribution is 2.35. The number of aromatic hydroxyl groups is 2. The first-order chi connectivity index (χ1) is 10.9. The van der Waals surface area contributed by atoms with Crippen LogP contribution >= 0.6 is 46.4 Å². The van der Waals surface area contributed by atoms with Crippen molar-refractivity contribution < 1.29 is 10.2 Å². The second kappa shape index (κ2) is 8.34. The molecule has 6 heteroatoms. The molecule has 2 rings (SSSR count). The number of hydrogen-bond acceptors (Lipinski definition) is 2. The van der Waals surface area contributed by atoms with Crippen LogP contribution in [0.5, 0.6) is 11.5 Å². The van der Waals surface area contributed by atoms with Crippen LogP contribution in [0.15, 0.2) is 24.3 Å². The van der Waals surface area contributed by atoms with Gasteiger partial charge in [0.05, 0.1) is 10.0 Å². The van der Waals surface area contributed by atoms with Crippen LogP contribution < -0.4 is 0 Å². The van der Waals surface area contributed by atoms with Gasteiger partial charge in [0, 0.05) is 0 Å². The molecule has 0 bridgehead atoms. The lowest BCUT2D eigenvalue weighted by Crippen LogP contribution is -1.91. The van der Waals surface area contributed by atoms with Crippen molar-refractivity contribution in [2.45, 2.75) is 32.1 Å². The Morgan fingerprint density at radius 3 is 1.35 bits per heavy atom. The van der Waals surface area contributed by atoms with Crippen LogP contribution in [0.4, 0.5) is 0 Å². The predicted molar refractivity (Wildman–Crippen MR) is 97.5 cm³/mol. The molecule has 23 heavy (non-hydrogen) atoms. The van der Waals surface area contributed by atoms with E-state index in [0.717, 1.165) is 43.2 Å². The van der Waals surface area contributed by atoms with Crippen LogP contribution in [0.1, 0.15) is 30.4 Å². The van der Waals surface area contributed by atoms with Crippen molar-refractivity contribution >= 4 is 46.4 Å². The van der Waals surface area contributed by atoms with E-state index in [4.69, 9.17) is 46.4 Å². The minimum atomic E-state index is -0.000678. The summed E-state index contributed by atoms with van der Waals surface area (Å²) in [6, 6.07) is 6.70. The van der Waals surface area contributed by atoms with E-state index in [1.807, 2.05) is 0 Å². The molecule has 0 radical (unpaired) electrons. The summed E-state index contributed by atoms with van der Waals surface area (Å²) in [5.74, 6) is -0.00136. The quantitative estimate of drug-likeness (QED) is 0.538. The largest absolute Gasteiger partial charge is 0.506 e. The zero-order valence-corrected chi connectivity index (χ0v) is 15.3. The van der Waals surface area contributed by atoms with Gasteiger partial charge in [-0.05, 0) is 48.9 Å². The molecule has 0 aliphatic carbocycles. The van der Waals surface area contributed by atoms with Crippen molar-refractivity contribution in [1.29, 1.82) is 0 Å². The average Bonchev–Trinajstić information content (AvgIpc) is 2.54. The number of unbranched alkanes of at least 4 members (excludes halogenated alkanes) is 2. The minimum absolute atomic E-state index is 0.000678. The molecule has 0 fully saturated rings. The summed E-state index contributed by atoms with van der Waals surface area (Å²) < 4.78 is 0. The lowest BCUT2D eigenvalue weighted by atomic mass is 10.0. The Bertz CT molecular complexity index is 642. The average molecular weight is 394 g/mol. The van der Waals surface area contributed by atoms with Crippen LogP contribution in [0.3, 0.4) is 0 Å². The van der Waals surface area contributed by atoms with Crippen molar-refractivity contribution in [1.82, 2.24) is 0 Å². The Labute approximate surface area is 155 Å². The fourth-order valence-corrected chi connectivity index (χ4v) is 3.23. The Morgan fingerprint density at radius 2 is 0.957 bits per heavy atom. The van der Waals surface area contributed by atoms with Crippen molar-refractivity contribution in [2.75, 3.05) is 0 Å². The van der Waals surface area contributed by atoms with Crippen LogP contribution in [-0.2, 0) is 12.8 Å². The topological polar surface area (TPSA) is 40.5 Å². The summed E-state index contributed by atoms with van der Waals surface area (Å²) in [4.78, 5) is 0. The first-order valence-corrected chi connectivity index (χ1v) is 8.74. The monoisotopic (exact) mass is 392 g/mol. The third kappa shape index (κ3) is 4.60. The normalized spacial score (nSPS) is 11.0. The van der Waals surface area contributed by atoms with Crippen LogP contribution in [-0.4, -0.2) is 10.2 Å². The molecule has 0 saturated carbocycles. The van der Waals surface area contributed by atoms with Crippen LogP contribution in [0.25, 0.3) is 0 Å². The van der Waals surface area contributed by atoms with E-state index >= 15 is 0 Å². The molecule has 0 atom stereocenters. The number of phenolic OH excluding ortho intramolecular Hbond substituents is 2. The standard InChI is InChI=1S/C17H16Cl4O2/c18-14-10(6-8-12(22)16(14)20)4-2-1-3-5-11-7-9-13(23)17(21)15(11)19/h6-9,22-23H,1-5H2. The molecule has 0 amide bonds. The molecular weight excluding hydrogens is 378 g/mol. The lowest BCUT2D eigenvalue weighted by molar-refractivity contribution is 0.475. The van der Waals surface area contributed by atoms with E-state index in [1.54, 1.807) is 24.3 Å². The number of hydrogen-bond donors (Lipinski definition) is 2. The summed E-state index contributed by atoms with van der Waals surface area (Å²) in [7, 11) is 0. The van der Waals surface area contributed by atoms with Crippen LogP contribution in [0.2, 0.25) is 20.1 Å². The molecule has 0 aromatic heterocycles. The second-order valence-electron chi connectivity index (χ2n) is 5.30. The fraction of sp³-hybridized carbons (Fsp3) is 0.294. The molecule has 0 spiro atoms. The second-order valence-corrected chi connectivity index (χ2v) is 6.82. The fourth-order valence-electron chi connectivity index (χ4n) is 2.35. The predicted octanol–water partition coefficient (Wildman–Crippen LogP) is 6.67. The van der Waals surface area contributed by atoms with Gasteiger partial charge >= 0.3 is 0 Å². The van der Waals surface area contributed by atoms with E-state index in [1.165, 1.54) is 0 Å². The molecule has 0 aliphatic rings. The summed E-state index contributed by atoms with van der Waals surface area (Å²) in [6.45, 7) is 0. The Balaban J connectivity index is 1.83. The first kappa shape index (κ1) is 18.5. The molecule has 2 aromatic rings. The summed E-state index contributed by atoms with van der Waals surface area (Å²) in [5, 5.41) is 20.2. The van der Waals surface area contributed by atoms with Crippen LogP contribution in [0, 0.1) is 0 Å². The van der Waals surface area contributed by atoms with Gasteiger partial charge in [0.2, 0.25) is 0 Å². The number of phenols is 2. The summed E-state index contributed by atoms with van der Waals surface area (Å²) >= 11 is 24.1. The van der Waals surface area contributed by atoms with Gasteiger partial charge in [-0.1, -0.05) is 65.0 Å². The first-order valence-electron chi connectivity index (χ1n) is 7.23. The molecular formula is C17H16Cl4O2. The van der Waals surface area contributed by atoms with E-state index in [9.17, 15) is 10.2 Å². The molecule has 0 unspecified atom stereocenters. The van der Waals surface area contributed by atoms with Crippen molar-refractivity contribution in [2.24, 2.45) is 0 Å². The number of halogens is 4. The molecule has 0 heterocycles. The van der Waals surface area contributed by atoms with Gasteiger partial charge in [-0.15, -0.1) is 0 Å². The van der Waals surface area contributed by atoms with Gasteiger partial charge in [-0.2, -0.15) is 0 Å². The molecule has 2 nitrogen and oxygen atoms in total. The molecule has 0 saturated heterocycles. The van der Waals surface area contributed by atoms with Crippen molar-refractivity contribution in [3.63, 3.8) is 0 Å². The lowest BCUT2D eigenvalue weighted by Gasteiger charge is -2.09. The zero-order chi connectivity index (χ0) is 17.0. The van der Waals surface area contributed by atoms with Gasteiger partial charge in [-0.25, -0.2) is 0 Å². The highest BCUT2D eigenvalue weighted by atomic mass is 35.5. The van der Waals surface area contributed by atoms with Gasteiger partial charge in [0.15, 0.2) is 0 Å². The maximum Gasteiger partial charge on any atom is 0.135 e. The SMILES string of the molecule is Oc1ccc(CCCCCc2ccc(O)c(Cl)c2Cl)c(Cl)c1Cl. The number of benzene rings is 2. The van der Waals surface area contributed by atoms with Gasteiger partial charge in [0.1, 0.15) is 21.5 Å². The van der Waals surface area contributed by atoms with E-state index in [2.05, 4.69) is 0 Å². The van der Waals surface area contributed by atoms with Gasteiger partial charge in [0.25, 0.3) is 0 Å². The maximum absolute atomic E-state index is 9.47. The maximum atomic E-state index is 9.47. The minimum Gasteiger partial charge on any atom is -0.506 e. The Morgan fingerprint density at radius 1 is 0.565 bits per heavy atom. The summed E-state index contributed by atoms with van der Waals surface area (Å²) in [5.41, 5.74) is 1.86. The smallest absolute Gasteiger partial charge is 0.135 e. The van der Waals surface area contributed by atoms with E-state index < -0.39 is 0 Å².